The summed E-state index contributed by atoms with van der Waals surface area (Å²) in [5.41, 5.74) is 2.00. The van der Waals surface area contributed by atoms with Crippen molar-refractivity contribution in [1.82, 2.24) is 30.0 Å². The first-order chi connectivity index (χ1) is 12.9. The summed E-state index contributed by atoms with van der Waals surface area (Å²) in [6.45, 7) is 0.310. The van der Waals surface area contributed by atoms with E-state index in [1.165, 1.54) is 6.26 Å². The van der Waals surface area contributed by atoms with E-state index >= 15 is 0 Å². The van der Waals surface area contributed by atoms with E-state index < -0.39 is 0 Å². The van der Waals surface area contributed by atoms with Gasteiger partial charge < -0.3 is 9.26 Å². The monoisotopic (exact) mass is 344 g/mol. The summed E-state index contributed by atoms with van der Waals surface area (Å²) in [7, 11) is 0. The molecular weight excluding hydrogens is 332 g/mol. The third-order valence-corrected chi connectivity index (χ3v) is 3.98. The minimum absolute atomic E-state index is 0.310. The molecule has 4 aromatic heterocycles. The van der Waals surface area contributed by atoms with Crippen LogP contribution in [0.1, 0.15) is 5.69 Å². The zero-order valence-electron chi connectivity index (χ0n) is 13.5. The highest BCUT2D eigenvalue weighted by atomic mass is 16.5. The molecule has 0 radical (unpaired) electrons. The number of fused-ring (bicyclic) bond motifs is 3. The number of pyridine rings is 1. The molecule has 0 saturated carbocycles. The summed E-state index contributed by atoms with van der Waals surface area (Å²) in [4.78, 5) is 4.28. The highest BCUT2D eigenvalue weighted by Crippen LogP contribution is 2.28. The molecule has 5 aromatic rings. The number of hydrogen-bond acceptors (Lipinski definition) is 7. The number of aromatic nitrogens is 6. The lowest BCUT2D eigenvalue weighted by Gasteiger charge is -2.09. The van der Waals surface area contributed by atoms with E-state index in [4.69, 9.17) is 9.26 Å². The fourth-order valence-corrected chi connectivity index (χ4v) is 2.77. The van der Waals surface area contributed by atoms with Crippen LogP contribution in [0.15, 0.2) is 65.5 Å². The van der Waals surface area contributed by atoms with Crippen LogP contribution in [-0.4, -0.2) is 30.0 Å². The van der Waals surface area contributed by atoms with Crippen LogP contribution >= 0.6 is 0 Å². The van der Waals surface area contributed by atoms with E-state index in [0.717, 1.165) is 16.5 Å². The summed E-state index contributed by atoms with van der Waals surface area (Å²) in [5.74, 6) is 0.963. The molecule has 0 N–H and O–H groups in total. The Morgan fingerprint density at radius 3 is 2.65 bits per heavy atom. The van der Waals surface area contributed by atoms with Gasteiger partial charge in [-0.15, -0.1) is 15.3 Å². The molecule has 126 valence electrons. The zero-order chi connectivity index (χ0) is 17.3. The van der Waals surface area contributed by atoms with Crippen molar-refractivity contribution in [2.24, 2.45) is 0 Å². The first-order valence-electron chi connectivity index (χ1n) is 7.98. The van der Waals surface area contributed by atoms with Crippen LogP contribution in [0.3, 0.4) is 0 Å². The molecule has 0 bridgehead atoms. The molecule has 0 unspecified atom stereocenters. The van der Waals surface area contributed by atoms with Gasteiger partial charge in [0, 0.05) is 23.0 Å². The minimum atomic E-state index is 0.310. The van der Waals surface area contributed by atoms with Crippen molar-refractivity contribution < 1.29 is 9.26 Å². The maximum atomic E-state index is 5.96. The average molecular weight is 344 g/mol. The lowest BCUT2D eigenvalue weighted by atomic mass is 10.2. The first-order valence-corrected chi connectivity index (χ1v) is 7.98. The molecule has 0 atom stereocenters. The van der Waals surface area contributed by atoms with Gasteiger partial charge in [0.05, 0.1) is 5.69 Å². The van der Waals surface area contributed by atoms with Gasteiger partial charge >= 0.3 is 0 Å². The van der Waals surface area contributed by atoms with Crippen LogP contribution in [0.25, 0.3) is 27.9 Å². The third kappa shape index (κ3) is 2.35. The number of rotatable bonds is 4. The quantitative estimate of drug-likeness (QED) is 0.495. The fraction of sp³-hybridized carbons (Fsp3) is 0.0556. The predicted molar refractivity (Wildman–Crippen MR) is 92.4 cm³/mol. The van der Waals surface area contributed by atoms with Crippen LogP contribution in [0.4, 0.5) is 0 Å². The van der Waals surface area contributed by atoms with Gasteiger partial charge in [-0.25, -0.2) is 0 Å². The van der Waals surface area contributed by atoms with Crippen LogP contribution in [-0.2, 0) is 6.61 Å². The highest BCUT2D eigenvalue weighted by Gasteiger charge is 2.17. The van der Waals surface area contributed by atoms with E-state index in [2.05, 4.69) is 25.4 Å². The van der Waals surface area contributed by atoms with Crippen molar-refractivity contribution in [3.8, 4) is 17.4 Å². The van der Waals surface area contributed by atoms with E-state index in [-0.39, 0.29) is 0 Å². The zero-order valence-corrected chi connectivity index (χ0v) is 13.5. The lowest BCUT2D eigenvalue weighted by Crippen LogP contribution is -2.04. The van der Waals surface area contributed by atoms with Gasteiger partial charge in [0.15, 0.2) is 11.3 Å². The molecule has 4 heterocycles. The SMILES string of the molecule is c1ccc(COc2nn3c(-c4ccon4)nnc3c3ccccc23)nc1. The van der Waals surface area contributed by atoms with Crippen LogP contribution in [0.5, 0.6) is 5.88 Å². The van der Waals surface area contributed by atoms with Crippen molar-refractivity contribution in [3.63, 3.8) is 0 Å². The summed E-state index contributed by atoms with van der Waals surface area (Å²) >= 11 is 0. The van der Waals surface area contributed by atoms with Crippen molar-refractivity contribution in [1.29, 1.82) is 0 Å². The molecule has 0 spiro atoms. The van der Waals surface area contributed by atoms with E-state index in [0.29, 0.717) is 29.7 Å². The molecule has 0 aliphatic rings. The molecule has 1 aromatic carbocycles. The highest BCUT2D eigenvalue weighted by molar-refractivity contribution is 5.96. The number of benzene rings is 1. The van der Waals surface area contributed by atoms with Gasteiger partial charge in [-0.05, 0) is 18.2 Å². The summed E-state index contributed by atoms with van der Waals surface area (Å²) in [6, 6.07) is 15.2. The van der Waals surface area contributed by atoms with E-state index in [1.807, 2.05) is 42.5 Å². The molecule has 0 fully saturated rings. The van der Waals surface area contributed by atoms with Crippen LogP contribution in [0.2, 0.25) is 0 Å². The van der Waals surface area contributed by atoms with Crippen LogP contribution < -0.4 is 4.74 Å². The maximum absolute atomic E-state index is 5.96. The molecule has 0 saturated heterocycles. The van der Waals surface area contributed by atoms with Crippen molar-refractivity contribution in [2.75, 3.05) is 0 Å². The standard InChI is InChI=1S/C18H12N6O2/c1-2-7-14-13(6-1)16-20-21-17(15-8-10-26-23-15)24(16)22-18(14)25-11-12-5-3-4-9-19-12/h1-10H,11H2. The summed E-state index contributed by atoms with van der Waals surface area (Å²) < 4.78 is 12.5. The molecule has 5 rings (SSSR count). The smallest absolute Gasteiger partial charge is 0.240 e. The Morgan fingerprint density at radius 1 is 0.962 bits per heavy atom. The molecule has 0 aliphatic carbocycles. The molecule has 8 heteroatoms. The topological polar surface area (TPSA) is 91.2 Å². The Kier molecular flexibility index (Phi) is 3.31. The van der Waals surface area contributed by atoms with Gasteiger partial charge in [0.25, 0.3) is 0 Å². The normalized spacial score (nSPS) is 11.2. The Balaban J connectivity index is 1.66. The molecule has 8 nitrogen and oxygen atoms in total. The van der Waals surface area contributed by atoms with Gasteiger partial charge in [0.1, 0.15) is 12.9 Å². The Morgan fingerprint density at radius 2 is 1.85 bits per heavy atom. The van der Waals surface area contributed by atoms with Gasteiger partial charge in [-0.1, -0.05) is 29.4 Å². The number of ether oxygens (including phenoxy) is 1. The maximum Gasteiger partial charge on any atom is 0.240 e. The lowest BCUT2D eigenvalue weighted by molar-refractivity contribution is 0.289. The predicted octanol–water partition coefficient (Wildman–Crippen LogP) is 2.91. The fourth-order valence-electron chi connectivity index (χ4n) is 2.77. The third-order valence-electron chi connectivity index (χ3n) is 3.98. The largest absolute Gasteiger partial charge is 0.470 e. The Hall–Kier alpha value is -3.81. The van der Waals surface area contributed by atoms with Crippen molar-refractivity contribution in [2.45, 2.75) is 6.61 Å². The molecule has 0 aliphatic heterocycles. The molecule has 26 heavy (non-hydrogen) atoms. The van der Waals surface area contributed by atoms with Crippen molar-refractivity contribution in [3.05, 3.63) is 66.7 Å². The second-order valence-corrected chi connectivity index (χ2v) is 5.60. The van der Waals surface area contributed by atoms with Gasteiger partial charge in [-0.3, -0.25) is 4.98 Å². The Bertz CT molecular complexity index is 1180. The second-order valence-electron chi connectivity index (χ2n) is 5.60. The van der Waals surface area contributed by atoms with E-state index in [1.54, 1.807) is 16.8 Å². The molecular formula is C18H12N6O2. The summed E-state index contributed by atoms with van der Waals surface area (Å²) in [5, 5.41) is 18.7. The molecule has 0 amide bonds. The average Bonchev–Trinajstić information content (AvgIpc) is 3.36. The van der Waals surface area contributed by atoms with Crippen molar-refractivity contribution >= 4 is 16.4 Å². The van der Waals surface area contributed by atoms with Gasteiger partial charge in [-0.2, -0.15) is 4.52 Å². The second kappa shape index (κ2) is 5.92. The summed E-state index contributed by atoms with van der Waals surface area (Å²) in [6.07, 6.45) is 3.21. The van der Waals surface area contributed by atoms with E-state index in [9.17, 15) is 0 Å². The first kappa shape index (κ1) is 14.5. The number of hydrogen-bond donors (Lipinski definition) is 0. The van der Waals surface area contributed by atoms with Gasteiger partial charge in [0.2, 0.25) is 11.7 Å². The van der Waals surface area contributed by atoms with Crippen LogP contribution in [0, 0.1) is 0 Å². The Labute approximate surface area is 147 Å². The minimum Gasteiger partial charge on any atom is -0.470 e. The number of nitrogens with zero attached hydrogens (tertiary/aromatic N) is 6.